The molecule has 1 aliphatic heterocycles. The Hall–Kier alpha value is -0.320. The lowest BCUT2D eigenvalue weighted by Gasteiger charge is -2.18. The number of thioether (sulfide) groups is 1. The van der Waals surface area contributed by atoms with Crippen molar-refractivity contribution < 1.29 is 4.79 Å². The molecule has 0 aliphatic carbocycles. The molecule has 2 nitrogen and oxygen atoms in total. The highest BCUT2D eigenvalue weighted by molar-refractivity contribution is 8.01. The van der Waals surface area contributed by atoms with Crippen LogP contribution >= 0.6 is 23.1 Å². The molecular weight excluding hydrogens is 274 g/mol. The molecule has 0 spiro atoms. The number of rotatable bonds is 6. The molecule has 2 rings (SSSR count). The van der Waals surface area contributed by atoms with Gasteiger partial charge in [-0.1, -0.05) is 19.8 Å². The van der Waals surface area contributed by atoms with Crippen molar-refractivity contribution in [1.82, 2.24) is 4.90 Å². The molecule has 1 aromatic rings. The fourth-order valence-corrected chi connectivity index (χ4v) is 4.44. The monoisotopic (exact) mass is 297 g/mol. The summed E-state index contributed by atoms with van der Waals surface area (Å²) in [6.45, 7) is 5.43. The van der Waals surface area contributed by atoms with Crippen molar-refractivity contribution in [3.63, 3.8) is 0 Å². The van der Waals surface area contributed by atoms with E-state index in [0.717, 1.165) is 17.2 Å². The van der Waals surface area contributed by atoms with Gasteiger partial charge < -0.3 is 4.90 Å². The summed E-state index contributed by atoms with van der Waals surface area (Å²) in [4.78, 5) is 15.6. The number of hydrogen-bond donors (Lipinski definition) is 0. The molecule has 0 saturated carbocycles. The summed E-state index contributed by atoms with van der Waals surface area (Å²) in [6, 6.07) is 4.07. The lowest BCUT2D eigenvalue weighted by Crippen LogP contribution is -2.27. The zero-order chi connectivity index (χ0) is 13.5. The Morgan fingerprint density at radius 3 is 2.68 bits per heavy atom. The van der Waals surface area contributed by atoms with Crippen LogP contribution in [0.5, 0.6) is 0 Å². The van der Waals surface area contributed by atoms with Crippen molar-refractivity contribution in [2.24, 2.45) is 0 Å². The Kier molecular flexibility index (Phi) is 6.41. The maximum absolute atomic E-state index is 12.2. The Morgan fingerprint density at radius 1 is 1.26 bits per heavy atom. The predicted octanol–water partition coefficient (Wildman–Crippen LogP) is 4.31. The zero-order valence-electron chi connectivity index (χ0n) is 11.7. The molecule has 0 atom stereocenters. The third kappa shape index (κ3) is 4.93. The van der Waals surface area contributed by atoms with Crippen LogP contribution in [0.2, 0.25) is 0 Å². The first kappa shape index (κ1) is 15.1. The maximum atomic E-state index is 12.2. The van der Waals surface area contributed by atoms with E-state index in [2.05, 4.69) is 17.9 Å². The van der Waals surface area contributed by atoms with Crippen molar-refractivity contribution >= 4 is 28.9 Å². The van der Waals surface area contributed by atoms with Gasteiger partial charge in [0.2, 0.25) is 0 Å². The minimum atomic E-state index is 0.317. The molecule has 0 radical (unpaired) electrons. The summed E-state index contributed by atoms with van der Waals surface area (Å²) >= 11 is 3.47. The number of hydrogen-bond acceptors (Lipinski definition) is 4. The van der Waals surface area contributed by atoms with Gasteiger partial charge in [0.05, 0.1) is 9.09 Å². The molecular formula is C15H23NOS2. The Morgan fingerprint density at radius 2 is 2.00 bits per heavy atom. The Labute approximate surface area is 124 Å². The van der Waals surface area contributed by atoms with Crippen LogP contribution < -0.4 is 0 Å². The van der Waals surface area contributed by atoms with Crippen molar-refractivity contribution in [2.45, 2.75) is 43.2 Å². The topological polar surface area (TPSA) is 20.3 Å². The normalized spacial score (nSPS) is 17.3. The van der Waals surface area contributed by atoms with Gasteiger partial charge in [-0.3, -0.25) is 4.79 Å². The van der Waals surface area contributed by atoms with Crippen LogP contribution in [-0.4, -0.2) is 36.1 Å². The van der Waals surface area contributed by atoms with E-state index in [9.17, 15) is 4.79 Å². The van der Waals surface area contributed by atoms with Crippen molar-refractivity contribution in [1.29, 1.82) is 0 Å². The first-order chi connectivity index (χ1) is 9.29. The van der Waals surface area contributed by atoms with E-state index < -0.39 is 0 Å². The van der Waals surface area contributed by atoms with Gasteiger partial charge in [0, 0.05) is 13.0 Å². The molecule has 0 N–H and O–H groups in total. The Bertz CT molecular complexity index is 395. The first-order valence-electron chi connectivity index (χ1n) is 7.28. The minimum absolute atomic E-state index is 0.317. The van der Waals surface area contributed by atoms with Crippen molar-refractivity contribution in [3.05, 3.63) is 17.0 Å². The van der Waals surface area contributed by atoms with Crippen LogP contribution in [0.25, 0.3) is 0 Å². The molecule has 0 aromatic carbocycles. The van der Waals surface area contributed by atoms with Gasteiger partial charge in [-0.25, -0.2) is 0 Å². The number of Topliss-reactive ketones (excluding diaryl/α,β-unsaturated/α-hetero) is 1. The quantitative estimate of drug-likeness (QED) is 0.576. The van der Waals surface area contributed by atoms with E-state index in [1.165, 1.54) is 43.0 Å². The van der Waals surface area contributed by atoms with Gasteiger partial charge in [0.15, 0.2) is 5.78 Å². The van der Waals surface area contributed by atoms with E-state index in [-0.39, 0.29) is 0 Å². The minimum Gasteiger partial charge on any atom is -0.303 e. The summed E-state index contributed by atoms with van der Waals surface area (Å²) in [7, 11) is 0. The van der Waals surface area contributed by atoms with Crippen LogP contribution in [0.15, 0.2) is 16.3 Å². The fraction of sp³-hybridized carbons (Fsp3) is 0.667. The van der Waals surface area contributed by atoms with Gasteiger partial charge in [-0.2, -0.15) is 0 Å². The van der Waals surface area contributed by atoms with Crippen LogP contribution in [0.1, 0.15) is 48.7 Å². The smallest absolute Gasteiger partial charge is 0.174 e. The third-order valence-corrected chi connectivity index (χ3v) is 5.73. The summed E-state index contributed by atoms with van der Waals surface area (Å²) in [5.41, 5.74) is 0. The second kappa shape index (κ2) is 8.08. The van der Waals surface area contributed by atoms with E-state index in [0.29, 0.717) is 12.2 Å². The molecule has 2 heterocycles. The molecule has 0 bridgehead atoms. The summed E-state index contributed by atoms with van der Waals surface area (Å²) < 4.78 is 1.26. The Balaban J connectivity index is 1.79. The molecule has 4 heteroatoms. The van der Waals surface area contributed by atoms with E-state index in [4.69, 9.17) is 0 Å². The number of thiophene rings is 1. The highest BCUT2D eigenvalue weighted by atomic mass is 32.2. The number of likely N-dealkylation sites (tertiary alicyclic amines) is 1. The lowest BCUT2D eigenvalue weighted by molar-refractivity contribution is 0.0969. The van der Waals surface area contributed by atoms with Gasteiger partial charge in [-0.05, 0) is 43.8 Å². The van der Waals surface area contributed by atoms with E-state index in [1.807, 2.05) is 17.8 Å². The van der Waals surface area contributed by atoms with Gasteiger partial charge in [0.25, 0.3) is 0 Å². The molecule has 106 valence electrons. The molecule has 1 fully saturated rings. The van der Waals surface area contributed by atoms with E-state index >= 15 is 0 Å². The molecule has 1 aromatic heterocycles. The van der Waals surface area contributed by atoms with Crippen LogP contribution in [0.4, 0.5) is 0 Å². The van der Waals surface area contributed by atoms with Crippen molar-refractivity contribution in [3.8, 4) is 0 Å². The van der Waals surface area contributed by atoms with Gasteiger partial charge in [0.1, 0.15) is 0 Å². The van der Waals surface area contributed by atoms with E-state index in [1.54, 1.807) is 11.3 Å². The number of ketones is 1. The van der Waals surface area contributed by atoms with Crippen LogP contribution in [0, 0.1) is 0 Å². The van der Waals surface area contributed by atoms with Crippen LogP contribution in [0.3, 0.4) is 0 Å². The molecule has 1 aliphatic rings. The van der Waals surface area contributed by atoms with Crippen molar-refractivity contribution in [2.75, 3.05) is 25.4 Å². The predicted molar refractivity (Wildman–Crippen MR) is 84.6 cm³/mol. The largest absolute Gasteiger partial charge is 0.303 e. The first-order valence-corrected chi connectivity index (χ1v) is 9.08. The molecule has 1 saturated heterocycles. The van der Waals surface area contributed by atoms with Gasteiger partial charge >= 0.3 is 0 Å². The number of carbonyl (C=O) groups excluding carboxylic acids is 1. The average molecular weight is 297 g/mol. The van der Waals surface area contributed by atoms with Gasteiger partial charge in [-0.15, -0.1) is 23.1 Å². The summed E-state index contributed by atoms with van der Waals surface area (Å²) in [5.74, 6) is 1.39. The number of nitrogens with zero attached hydrogens (tertiary/aromatic N) is 1. The molecule has 19 heavy (non-hydrogen) atoms. The highest BCUT2D eigenvalue weighted by Gasteiger charge is 2.13. The second-order valence-corrected chi connectivity index (χ2v) is 7.63. The average Bonchev–Trinajstić information content (AvgIpc) is 2.72. The van der Waals surface area contributed by atoms with Crippen LogP contribution in [-0.2, 0) is 0 Å². The zero-order valence-corrected chi connectivity index (χ0v) is 13.3. The third-order valence-electron chi connectivity index (χ3n) is 3.50. The molecule has 0 amide bonds. The highest BCUT2D eigenvalue weighted by Crippen LogP contribution is 2.27. The SMILES string of the molecule is CCSc1ccc(C(=O)CCN2CCCCCC2)s1. The second-order valence-electron chi connectivity index (χ2n) is 4.98. The number of carbonyl (C=O) groups is 1. The maximum Gasteiger partial charge on any atom is 0.174 e. The molecule has 0 unspecified atom stereocenters. The summed E-state index contributed by atoms with van der Waals surface area (Å²) in [5, 5.41) is 0. The fourth-order valence-electron chi connectivity index (χ4n) is 2.43. The lowest BCUT2D eigenvalue weighted by atomic mass is 10.2. The standard InChI is InChI=1S/C15H23NOS2/c1-2-18-15-8-7-14(19-15)13(17)9-12-16-10-5-3-4-6-11-16/h7-8H,2-6,9-12H2,1H3. The summed E-state index contributed by atoms with van der Waals surface area (Å²) in [6.07, 6.45) is 5.98.